The van der Waals surface area contributed by atoms with Crippen molar-refractivity contribution in [2.75, 3.05) is 20.8 Å². The van der Waals surface area contributed by atoms with Gasteiger partial charge >= 0.3 is 0 Å². The molecule has 124 valence electrons. The molecule has 0 unspecified atom stereocenters. The van der Waals surface area contributed by atoms with Gasteiger partial charge in [-0.3, -0.25) is 4.99 Å². The van der Waals surface area contributed by atoms with Crippen LogP contribution in [0.15, 0.2) is 33.2 Å². The first-order valence-corrected chi connectivity index (χ1v) is 8.62. The van der Waals surface area contributed by atoms with Gasteiger partial charge in [0, 0.05) is 22.1 Å². The number of methoxy groups -OCH3 is 2. The second kappa shape index (κ2) is 4.68. The van der Waals surface area contributed by atoms with Crippen molar-refractivity contribution in [3.8, 4) is 11.5 Å². The molecule has 24 heavy (non-hydrogen) atoms. The molecule has 3 fully saturated rings. The second-order valence-electron chi connectivity index (χ2n) is 7.44. The summed E-state index contributed by atoms with van der Waals surface area (Å²) in [6.45, 7) is 0.936. The van der Waals surface area contributed by atoms with Crippen molar-refractivity contribution in [1.82, 2.24) is 0 Å². The van der Waals surface area contributed by atoms with Crippen LogP contribution in [0, 0.1) is 10.8 Å². The number of ether oxygens (including phenoxy) is 2. The van der Waals surface area contributed by atoms with E-state index >= 15 is 0 Å². The molecule has 3 saturated carbocycles. The molecule has 0 amide bonds. The number of nitrogens with zero attached hydrogens (tertiary/aromatic N) is 3. The highest BCUT2D eigenvalue weighted by molar-refractivity contribution is 6.19. The summed E-state index contributed by atoms with van der Waals surface area (Å²) in [5, 5.41) is 0. The van der Waals surface area contributed by atoms with Gasteiger partial charge in [0.2, 0.25) is 0 Å². The van der Waals surface area contributed by atoms with E-state index < -0.39 is 0 Å². The quantitative estimate of drug-likeness (QED) is 0.633. The van der Waals surface area contributed by atoms with Crippen LogP contribution < -0.4 is 9.47 Å². The summed E-state index contributed by atoms with van der Waals surface area (Å²) >= 11 is 0. The van der Waals surface area contributed by atoms with E-state index in [0.29, 0.717) is 11.2 Å². The minimum absolute atomic E-state index is 0.281. The fourth-order valence-corrected chi connectivity index (χ4v) is 3.47. The molecular weight excluding hydrogens is 302 g/mol. The number of aliphatic imine (C=N–C) groups is 3. The van der Waals surface area contributed by atoms with E-state index in [9.17, 15) is 0 Å². The third kappa shape index (κ3) is 2.10. The van der Waals surface area contributed by atoms with Gasteiger partial charge in [-0.2, -0.15) is 0 Å². The zero-order chi connectivity index (χ0) is 16.4. The van der Waals surface area contributed by atoms with Crippen LogP contribution in [0.2, 0.25) is 0 Å². The topological polar surface area (TPSA) is 55.5 Å². The smallest absolute Gasteiger partial charge is 0.161 e. The standard InChI is InChI=1S/C19H21N3O2/c1-23-13-4-3-12(9-14(13)24-2)16(21-15-10-18(15)5-6-18)22-17-19(7-8-19)11-20-17/h3-4,9H,5-8,10-11H2,1-2H3. The normalized spacial score (nSPS) is 26.2. The van der Waals surface area contributed by atoms with E-state index in [1.54, 1.807) is 14.2 Å². The number of hydrogen-bond acceptors (Lipinski definition) is 4. The van der Waals surface area contributed by atoms with E-state index in [-0.39, 0.29) is 5.41 Å². The molecule has 1 heterocycles. The highest BCUT2D eigenvalue weighted by atomic mass is 16.5. The van der Waals surface area contributed by atoms with E-state index in [4.69, 9.17) is 19.5 Å². The highest BCUT2D eigenvalue weighted by Crippen LogP contribution is 2.63. The lowest BCUT2D eigenvalue weighted by molar-refractivity contribution is 0.355. The summed E-state index contributed by atoms with van der Waals surface area (Å²) in [4.78, 5) is 14.3. The molecule has 1 aromatic rings. The van der Waals surface area contributed by atoms with E-state index in [0.717, 1.165) is 35.9 Å². The first-order valence-electron chi connectivity index (χ1n) is 8.62. The largest absolute Gasteiger partial charge is 0.493 e. The van der Waals surface area contributed by atoms with Crippen LogP contribution in [0.1, 0.15) is 37.7 Å². The van der Waals surface area contributed by atoms with E-state index in [2.05, 4.69) is 4.99 Å². The first kappa shape index (κ1) is 14.2. The van der Waals surface area contributed by atoms with Crippen molar-refractivity contribution in [3.05, 3.63) is 23.8 Å². The monoisotopic (exact) mass is 323 g/mol. The number of benzene rings is 1. The third-order valence-corrected chi connectivity index (χ3v) is 5.80. The van der Waals surface area contributed by atoms with Gasteiger partial charge in [0.1, 0.15) is 5.84 Å². The summed E-state index contributed by atoms with van der Waals surface area (Å²) in [5.74, 6) is 3.19. The number of amidine groups is 2. The van der Waals surface area contributed by atoms with Crippen LogP contribution in [-0.4, -0.2) is 38.1 Å². The number of rotatable bonds is 3. The summed E-state index contributed by atoms with van der Waals surface area (Å²) in [6, 6.07) is 5.88. The van der Waals surface area contributed by atoms with Crippen LogP contribution in [0.3, 0.4) is 0 Å². The first-order chi connectivity index (χ1) is 11.7. The molecule has 2 spiro atoms. The zero-order valence-electron chi connectivity index (χ0n) is 14.1. The van der Waals surface area contributed by atoms with Crippen molar-refractivity contribution in [1.29, 1.82) is 0 Å². The Bertz CT molecular complexity index is 814. The maximum absolute atomic E-state index is 5.44. The molecule has 5 nitrogen and oxygen atoms in total. The molecule has 1 aromatic carbocycles. The maximum Gasteiger partial charge on any atom is 0.161 e. The summed E-state index contributed by atoms with van der Waals surface area (Å²) in [7, 11) is 3.30. The van der Waals surface area contributed by atoms with Crippen molar-refractivity contribution in [2.45, 2.75) is 32.1 Å². The Morgan fingerprint density at radius 3 is 2.33 bits per heavy atom. The maximum atomic E-state index is 5.44. The van der Waals surface area contributed by atoms with Crippen LogP contribution >= 0.6 is 0 Å². The van der Waals surface area contributed by atoms with Gasteiger partial charge in [-0.15, -0.1) is 0 Å². The molecule has 0 aromatic heterocycles. The Morgan fingerprint density at radius 1 is 1.04 bits per heavy atom. The van der Waals surface area contributed by atoms with Gasteiger partial charge < -0.3 is 9.47 Å². The Morgan fingerprint density at radius 2 is 1.79 bits per heavy atom. The lowest BCUT2D eigenvalue weighted by Crippen LogP contribution is -2.28. The van der Waals surface area contributed by atoms with Gasteiger partial charge in [-0.1, -0.05) is 0 Å². The molecule has 5 heteroatoms. The van der Waals surface area contributed by atoms with Gasteiger partial charge in [-0.25, -0.2) is 9.98 Å². The molecule has 0 bridgehead atoms. The Balaban J connectivity index is 1.54. The molecular formula is C19H21N3O2. The molecule has 0 radical (unpaired) electrons. The fraction of sp³-hybridized carbons (Fsp3) is 0.526. The van der Waals surface area contributed by atoms with Crippen molar-refractivity contribution < 1.29 is 9.47 Å². The van der Waals surface area contributed by atoms with Crippen LogP contribution in [-0.2, 0) is 0 Å². The highest BCUT2D eigenvalue weighted by Gasteiger charge is 2.60. The molecule has 4 aliphatic rings. The van der Waals surface area contributed by atoms with Crippen LogP contribution in [0.4, 0.5) is 0 Å². The van der Waals surface area contributed by atoms with Gasteiger partial charge in [-0.05, 0) is 50.3 Å². The van der Waals surface area contributed by atoms with Crippen molar-refractivity contribution in [2.24, 2.45) is 25.8 Å². The van der Waals surface area contributed by atoms with Crippen LogP contribution in [0.25, 0.3) is 0 Å². The molecule has 5 rings (SSSR count). The number of hydrogen-bond donors (Lipinski definition) is 0. The molecule has 3 aliphatic carbocycles. The van der Waals surface area contributed by atoms with E-state index in [1.165, 1.54) is 31.4 Å². The zero-order valence-corrected chi connectivity index (χ0v) is 14.1. The molecule has 0 saturated heterocycles. The third-order valence-electron chi connectivity index (χ3n) is 5.80. The summed E-state index contributed by atoms with van der Waals surface area (Å²) in [5.41, 5.74) is 2.99. The van der Waals surface area contributed by atoms with Crippen molar-refractivity contribution in [3.63, 3.8) is 0 Å². The predicted molar refractivity (Wildman–Crippen MR) is 93.8 cm³/mol. The molecule has 0 N–H and O–H groups in total. The van der Waals surface area contributed by atoms with E-state index in [1.807, 2.05) is 18.2 Å². The second-order valence-corrected chi connectivity index (χ2v) is 7.44. The van der Waals surface area contributed by atoms with Crippen molar-refractivity contribution >= 4 is 17.4 Å². The van der Waals surface area contributed by atoms with Gasteiger partial charge in [0.25, 0.3) is 0 Å². The summed E-state index contributed by atoms with van der Waals surface area (Å²) < 4.78 is 10.8. The lowest BCUT2D eigenvalue weighted by Gasteiger charge is -2.22. The average molecular weight is 323 g/mol. The Hall–Kier alpha value is -2.17. The average Bonchev–Trinajstić information content (AvgIpc) is 3.49. The SMILES string of the molecule is COc1ccc(C(=NC2=NCC23CC3)N=C2CC23CC3)cc1OC. The lowest BCUT2D eigenvalue weighted by atomic mass is 10.0. The van der Waals surface area contributed by atoms with Crippen LogP contribution in [0.5, 0.6) is 11.5 Å². The molecule has 1 aliphatic heterocycles. The Labute approximate surface area is 141 Å². The Kier molecular flexibility index (Phi) is 2.77. The summed E-state index contributed by atoms with van der Waals surface area (Å²) in [6.07, 6.45) is 6.15. The minimum atomic E-state index is 0.281. The molecule has 0 atom stereocenters. The minimum Gasteiger partial charge on any atom is -0.493 e. The van der Waals surface area contributed by atoms with Gasteiger partial charge in [0.05, 0.1) is 20.8 Å². The predicted octanol–water partition coefficient (Wildman–Crippen LogP) is 3.27. The van der Waals surface area contributed by atoms with Gasteiger partial charge in [0.15, 0.2) is 17.3 Å². The fourth-order valence-electron chi connectivity index (χ4n) is 3.47.